The second-order valence-corrected chi connectivity index (χ2v) is 12.9. The van der Waals surface area contributed by atoms with Gasteiger partial charge in [0.05, 0.1) is 11.3 Å². The van der Waals surface area contributed by atoms with Crippen LogP contribution in [0.25, 0.3) is 11.1 Å². The Morgan fingerprint density at radius 1 is 0.935 bits per heavy atom. The fraction of sp³-hybridized carbons (Fsp3) is 0.389. The third-order valence-electron chi connectivity index (χ3n) is 8.70. The molecule has 2 saturated heterocycles. The second-order valence-electron chi connectivity index (χ2n) is 12.9. The summed E-state index contributed by atoms with van der Waals surface area (Å²) in [5.41, 5.74) is 6.12. The van der Waals surface area contributed by atoms with E-state index in [1.165, 1.54) is 0 Å². The van der Waals surface area contributed by atoms with Crippen LogP contribution in [0.5, 0.6) is 0 Å². The SMILES string of the molecule is CC(OC(=O)N=C1C(c2ccc(-c3ccc(C4(C(=O)O)CCN(C(=O)OC(C)(C)C)CC4)cc3)cc2)CNN1C)c1ccccc1. The van der Waals surface area contributed by atoms with Gasteiger partial charge in [0.25, 0.3) is 0 Å². The molecule has 3 aromatic carbocycles. The van der Waals surface area contributed by atoms with Crippen molar-refractivity contribution in [2.75, 3.05) is 26.7 Å². The highest BCUT2D eigenvalue weighted by molar-refractivity contribution is 5.97. The van der Waals surface area contributed by atoms with Gasteiger partial charge < -0.3 is 19.5 Å². The molecule has 242 valence electrons. The van der Waals surface area contributed by atoms with E-state index in [9.17, 15) is 19.5 Å². The highest BCUT2D eigenvalue weighted by Crippen LogP contribution is 2.37. The van der Waals surface area contributed by atoms with Crippen LogP contribution in [-0.4, -0.2) is 71.3 Å². The molecule has 2 aliphatic rings. The molecule has 2 fully saturated rings. The van der Waals surface area contributed by atoms with Crippen LogP contribution in [0.4, 0.5) is 9.59 Å². The second kappa shape index (κ2) is 13.3. The van der Waals surface area contributed by atoms with Crippen LogP contribution in [0.15, 0.2) is 83.9 Å². The first-order chi connectivity index (χ1) is 21.9. The number of benzene rings is 3. The molecule has 0 aliphatic carbocycles. The van der Waals surface area contributed by atoms with Gasteiger partial charge in [0.2, 0.25) is 0 Å². The van der Waals surface area contributed by atoms with E-state index >= 15 is 0 Å². The Balaban J connectivity index is 1.26. The van der Waals surface area contributed by atoms with Gasteiger partial charge in [-0.1, -0.05) is 78.9 Å². The normalized spacial score (nSPS) is 19.5. The van der Waals surface area contributed by atoms with Crippen LogP contribution in [0.3, 0.4) is 0 Å². The predicted octanol–water partition coefficient (Wildman–Crippen LogP) is 6.54. The fourth-order valence-electron chi connectivity index (χ4n) is 6.03. The molecule has 2 unspecified atom stereocenters. The van der Waals surface area contributed by atoms with Gasteiger partial charge in [-0.2, -0.15) is 4.99 Å². The van der Waals surface area contributed by atoms with Gasteiger partial charge in [-0.25, -0.2) is 15.0 Å². The molecule has 46 heavy (non-hydrogen) atoms. The molecule has 2 atom stereocenters. The average Bonchev–Trinajstić information content (AvgIpc) is 3.39. The smallest absolute Gasteiger partial charge is 0.435 e. The molecule has 2 heterocycles. The summed E-state index contributed by atoms with van der Waals surface area (Å²) in [6, 6.07) is 25.3. The van der Waals surface area contributed by atoms with Crippen LogP contribution >= 0.6 is 0 Å². The zero-order valence-electron chi connectivity index (χ0n) is 27.0. The molecule has 0 saturated carbocycles. The highest BCUT2D eigenvalue weighted by atomic mass is 16.6. The minimum absolute atomic E-state index is 0.136. The van der Waals surface area contributed by atoms with Crippen molar-refractivity contribution in [2.45, 2.75) is 63.6 Å². The van der Waals surface area contributed by atoms with Crippen LogP contribution in [-0.2, 0) is 19.7 Å². The van der Waals surface area contributed by atoms with Crippen LogP contribution < -0.4 is 5.43 Å². The summed E-state index contributed by atoms with van der Waals surface area (Å²) < 4.78 is 11.1. The number of aliphatic imine (C=N–C) groups is 1. The number of amidine groups is 1. The minimum atomic E-state index is -1.07. The molecule has 2 N–H and O–H groups in total. The maximum atomic E-state index is 12.7. The average molecular weight is 627 g/mol. The summed E-state index contributed by atoms with van der Waals surface area (Å²) in [5, 5.41) is 12.0. The van der Waals surface area contributed by atoms with E-state index in [1.54, 1.807) is 9.91 Å². The summed E-state index contributed by atoms with van der Waals surface area (Å²) in [4.78, 5) is 43.7. The van der Waals surface area contributed by atoms with E-state index in [0.717, 1.165) is 27.8 Å². The Hall–Kier alpha value is -4.70. The molecular weight excluding hydrogens is 584 g/mol. The first kappa shape index (κ1) is 32.7. The van der Waals surface area contributed by atoms with Crippen molar-refractivity contribution in [3.8, 4) is 11.1 Å². The van der Waals surface area contributed by atoms with Gasteiger partial charge in [-0.15, -0.1) is 0 Å². The quantitative estimate of drug-likeness (QED) is 0.317. The molecule has 0 bridgehead atoms. The number of piperidine rings is 1. The Morgan fingerprint density at radius 3 is 2.09 bits per heavy atom. The van der Waals surface area contributed by atoms with Crippen LogP contribution in [0, 0.1) is 0 Å². The number of hydrogen-bond donors (Lipinski definition) is 2. The zero-order chi connectivity index (χ0) is 33.1. The molecular formula is C36H42N4O6. The number of likely N-dealkylation sites (tertiary alicyclic amines) is 1. The van der Waals surface area contributed by atoms with E-state index in [-0.39, 0.29) is 5.92 Å². The number of likely N-dealkylation sites (N-methyl/N-ethyl adjacent to an activating group) is 1. The number of carboxylic acids is 1. The number of nitrogens with zero attached hydrogens (tertiary/aromatic N) is 3. The lowest BCUT2D eigenvalue weighted by Crippen LogP contribution is -2.50. The maximum absolute atomic E-state index is 12.7. The van der Waals surface area contributed by atoms with Crippen molar-refractivity contribution < 1.29 is 29.0 Å². The standard InChI is InChI=1S/C36H42N4O6/c1-24(25-9-7-6-8-10-25)45-33(43)38-31-30(23-37-39(31)5)28-13-11-26(12-14-28)27-15-17-29(18-16-27)36(32(41)42)19-21-40(22-20-36)34(44)46-35(2,3)4/h6-18,24,30,37H,19-23H2,1-5H3,(H,41,42). The largest absolute Gasteiger partial charge is 0.481 e. The van der Waals surface area contributed by atoms with E-state index < -0.39 is 35.3 Å². The number of rotatable bonds is 6. The summed E-state index contributed by atoms with van der Waals surface area (Å²) in [6.07, 6.45) is -0.860. The third-order valence-corrected chi connectivity index (χ3v) is 8.70. The van der Waals surface area contributed by atoms with Gasteiger partial charge in [-0.3, -0.25) is 9.80 Å². The Kier molecular flexibility index (Phi) is 9.48. The lowest BCUT2D eigenvalue weighted by Gasteiger charge is -2.39. The Labute approximate surface area is 270 Å². The van der Waals surface area contributed by atoms with Crippen molar-refractivity contribution in [1.82, 2.24) is 15.3 Å². The number of aliphatic carboxylic acids is 1. The minimum Gasteiger partial charge on any atom is -0.481 e. The topological polar surface area (TPSA) is 121 Å². The van der Waals surface area contributed by atoms with Gasteiger partial charge in [0.1, 0.15) is 17.5 Å². The van der Waals surface area contributed by atoms with E-state index in [2.05, 4.69) is 10.4 Å². The van der Waals surface area contributed by atoms with E-state index in [4.69, 9.17) is 9.47 Å². The lowest BCUT2D eigenvalue weighted by atomic mass is 9.72. The van der Waals surface area contributed by atoms with Gasteiger partial charge in [0, 0.05) is 26.7 Å². The number of carbonyl (C=O) groups is 3. The highest BCUT2D eigenvalue weighted by Gasteiger charge is 2.44. The van der Waals surface area contributed by atoms with Gasteiger partial charge in [0.15, 0.2) is 0 Å². The molecule has 5 rings (SSSR count). The number of nitrogens with one attached hydrogen (secondary N) is 1. The fourth-order valence-corrected chi connectivity index (χ4v) is 6.03. The summed E-state index contributed by atoms with van der Waals surface area (Å²) in [6.45, 7) is 8.48. The van der Waals surface area contributed by atoms with Crippen molar-refractivity contribution in [1.29, 1.82) is 0 Å². The van der Waals surface area contributed by atoms with Crippen molar-refractivity contribution in [3.05, 3.63) is 95.6 Å². The lowest BCUT2D eigenvalue weighted by molar-refractivity contribution is -0.146. The molecule has 2 aliphatic heterocycles. The van der Waals surface area contributed by atoms with Crippen molar-refractivity contribution >= 4 is 24.0 Å². The Morgan fingerprint density at radius 2 is 1.52 bits per heavy atom. The van der Waals surface area contributed by atoms with E-state index in [1.807, 2.05) is 114 Å². The summed E-state index contributed by atoms with van der Waals surface area (Å²) in [7, 11) is 1.83. The van der Waals surface area contributed by atoms with Crippen molar-refractivity contribution in [3.63, 3.8) is 0 Å². The first-order valence-electron chi connectivity index (χ1n) is 15.6. The summed E-state index contributed by atoms with van der Waals surface area (Å²) >= 11 is 0. The summed E-state index contributed by atoms with van der Waals surface area (Å²) in [5.74, 6) is -0.443. The number of carboxylic acid groups (broad SMARTS) is 1. The number of carbonyl (C=O) groups excluding carboxylic acids is 2. The van der Waals surface area contributed by atoms with Crippen molar-refractivity contribution in [2.24, 2.45) is 4.99 Å². The first-order valence-corrected chi connectivity index (χ1v) is 15.6. The van der Waals surface area contributed by atoms with Gasteiger partial charge in [-0.05, 0) is 68.4 Å². The number of amides is 2. The zero-order valence-corrected chi connectivity index (χ0v) is 27.0. The monoisotopic (exact) mass is 626 g/mol. The Bertz CT molecular complexity index is 1570. The molecule has 2 amide bonds. The molecule has 10 nitrogen and oxygen atoms in total. The molecule has 0 aromatic heterocycles. The molecule has 0 spiro atoms. The van der Waals surface area contributed by atoms with Crippen LogP contribution in [0.1, 0.15) is 69.2 Å². The van der Waals surface area contributed by atoms with Gasteiger partial charge >= 0.3 is 18.2 Å². The number of ether oxygens (including phenoxy) is 2. The molecule has 0 radical (unpaired) electrons. The van der Waals surface area contributed by atoms with Crippen LogP contribution in [0.2, 0.25) is 0 Å². The predicted molar refractivity (Wildman–Crippen MR) is 176 cm³/mol. The van der Waals surface area contributed by atoms with E-state index in [0.29, 0.717) is 38.3 Å². The maximum Gasteiger partial charge on any atom is 0.435 e. The number of hydrogen-bond acceptors (Lipinski definition) is 6. The molecule has 3 aromatic rings. The molecule has 10 heteroatoms. The third kappa shape index (κ3) is 7.23. The number of hydrazine groups is 1.